The normalized spacial score (nSPS) is 28.7. The molecule has 2 atom stereocenters. The largest absolute Gasteiger partial charge is 0.385 e. The van der Waals surface area contributed by atoms with Gasteiger partial charge in [0.1, 0.15) is 0 Å². The average Bonchev–Trinajstić information content (AvgIpc) is 2.43. The molecule has 1 rings (SSSR count). The van der Waals surface area contributed by atoms with Gasteiger partial charge in [-0.15, -0.1) is 0 Å². The molecule has 0 spiro atoms. The minimum absolute atomic E-state index is 0.786. The summed E-state index contributed by atoms with van der Waals surface area (Å²) >= 11 is 0. The van der Waals surface area contributed by atoms with Crippen LogP contribution in [-0.4, -0.2) is 20.3 Å². The molecule has 0 aromatic rings. The summed E-state index contributed by atoms with van der Waals surface area (Å²) in [6, 6.07) is 0. The van der Waals surface area contributed by atoms with Gasteiger partial charge in [-0.3, -0.25) is 0 Å². The van der Waals surface area contributed by atoms with Crippen LogP contribution >= 0.6 is 0 Å². The van der Waals surface area contributed by atoms with Crippen LogP contribution in [0.1, 0.15) is 44.9 Å². The number of hydrogen-bond acceptors (Lipinski definition) is 2. The van der Waals surface area contributed by atoms with Gasteiger partial charge in [0.15, 0.2) is 0 Å². The van der Waals surface area contributed by atoms with E-state index in [1.54, 1.807) is 7.11 Å². The van der Waals surface area contributed by atoms with Gasteiger partial charge in [0, 0.05) is 13.7 Å². The van der Waals surface area contributed by atoms with Crippen molar-refractivity contribution in [3.05, 3.63) is 0 Å². The van der Waals surface area contributed by atoms with Crippen LogP contribution in [0.15, 0.2) is 0 Å². The van der Waals surface area contributed by atoms with Crippen molar-refractivity contribution in [2.45, 2.75) is 44.9 Å². The maximum Gasteiger partial charge on any atom is 0.0462 e. The fourth-order valence-electron chi connectivity index (χ4n) is 2.64. The third-order valence-electron chi connectivity index (χ3n) is 3.54. The molecule has 0 aliphatic heterocycles. The number of ether oxygens (including phenoxy) is 1. The summed E-state index contributed by atoms with van der Waals surface area (Å²) in [6.45, 7) is 1.80. The highest BCUT2D eigenvalue weighted by atomic mass is 16.5. The summed E-state index contributed by atoms with van der Waals surface area (Å²) in [5.41, 5.74) is 5.84. The van der Waals surface area contributed by atoms with Crippen molar-refractivity contribution in [3.63, 3.8) is 0 Å². The predicted molar refractivity (Wildman–Crippen MR) is 60.2 cm³/mol. The van der Waals surface area contributed by atoms with Gasteiger partial charge in [-0.1, -0.05) is 25.7 Å². The highest BCUT2D eigenvalue weighted by molar-refractivity contribution is 4.74. The maximum atomic E-state index is 5.84. The molecular weight excluding hydrogens is 174 g/mol. The number of rotatable bonds is 5. The molecule has 0 saturated heterocycles. The Balaban J connectivity index is 2.28. The van der Waals surface area contributed by atoms with E-state index in [-0.39, 0.29) is 0 Å². The average molecular weight is 199 g/mol. The van der Waals surface area contributed by atoms with Gasteiger partial charge in [0.25, 0.3) is 0 Å². The minimum Gasteiger partial charge on any atom is -0.385 e. The second kappa shape index (κ2) is 7.24. The number of nitrogens with two attached hydrogens (primary N) is 1. The lowest BCUT2D eigenvalue weighted by Crippen LogP contribution is -2.22. The summed E-state index contributed by atoms with van der Waals surface area (Å²) in [5.74, 6) is 1.66. The lowest BCUT2D eigenvalue weighted by molar-refractivity contribution is 0.177. The zero-order valence-corrected chi connectivity index (χ0v) is 9.50. The molecule has 0 heterocycles. The third-order valence-corrected chi connectivity index (χ3v) is 3.54. The van der Waals surface area contributed by atoms with Crippen molar-refractivity contribution in [2.75, 3.05) is 20.3 Å². The van der Waals surface area contributed by atoms with Crippen molar-refractivity contribution >= 4 is 0 Å². The Morgan fingerprint density at radius 3 is 2.50 bits per heavy atom. The number of hydrogen-bond donors (Lipinski definition) is 1. The van der Waals surface area contributed by atoms with Gasteiger partial charge in [-0.2, -0.15) is 0 Å². The summed E-state index contributed by atoms with van der Waals surface area (Å²) in [4.78, 5) is 0. The van der Waals surface area contributed by atoms with Crippen molar-refractivity contribution in [1.82, 2.24) is 0 Å². The van der Waals surface area contributed by atoms with Gasteiger partial charge in [0.2, 0.25) is 0 Å². The minimum atomic E-state index is 0.786. The third kappa shape index (κ3) is 3.97. The Morgan fingerprint density at radius 1 is 1.14 bits per heavy atom. The molecule has 0 amide bonds. The molecule has 0 aromatic carbocycles. The number of methoxy groups -OCH3 is 1. The monoisotopic (exact) mass is 199 g/mol. The summed E-state index contributed by atoms with van der Waals surface area (Å²) in [5, 5.41) is 0. The van der Waals surface area contributed by atoms with E-state index in [1.807, 2.05) is 0 Å². The molecule has 1 fully saturated rings. The van der Waals surface area contributed by atoms with Gasteiger partial charge in [-0.25, -0.2) is 0 Å². The lowest BCUT2D eigenvalue weighted by atomic mass is 9.85. The van der Waals surface area contributed by atoms with E-state index in [0.29, 0.717) is 0 Å². The first-order valence-electron chi connectivity index (χ1n) is 6.07. The standard InChI is InChI=1S/C12H25NO/c1-14-9-5-8-11-6-3-2-4-7-12(11)10-13/h11-12H,2-10,13H2,1H3. The van der Waals surface area contributed by atoms with E-state index >= 15 is 0 Å². The van der Waals surface area contributed by atoms with Crippen LogP contribution in [0.4, 0.5) is 0 Å². The maximum absolute atomic E-state index is 5.84. The first-order chi connectivity index (χ1) is 6.88. The lowest BCUT2D eigenvalue weighted by Gasteiger charge is -2.23. The second-order valence-electron chi connectivity index (χ2n) is 4.53. The van der Waals surface area contributed by atoms with Gasteiger partial charge in [-0.05, 0) is 37.6 Å². The SMILES string of the molecule is COCCCC1CCCCCC1CN. The first-order valence-corrected chi connectivity index (χ1v) is 6.07. The molecule has 0 bridgehead atoms. The van der Waals surface area contributed by atoms with E-state index in [0.717, 1.165) is 25.0 Å². The quantitative estimate of drug-likeness (QED) is 0.545. The molecule has 0 aromatic heterocycles. The molecule has 2 N–H and O–H groups in total. The van der Waals surface area contributed by atoms with Gasteiger partial charge < -0.3 is 10.5 Å². The summed E-state index contributed by atoms with van der Waals surface area (Å²) < 4.78 is 5.10. The van der Waals surface area contributed by atoms with E-state index in [1.165, 1.54) is 44.9 Å². The van der Waals surface area contributed by atoms with Crippen molar-refractivity contribution in [2.24, 2.45) is 17.6 Å². The molecule has 0 radical (unpaired) electrons. The molecule has 1 saturated carbocycles. The van der Waals surface area contributed by atoms with E-state index < -0.39 is 0 Å². The highest BCUT2D eigenvalue weighted by Gasteiger charge is 2.21. The van der Waals surface area contributed by atoms with Crippen LogP contribution in [0.5, 0.6) is 0 Å². The molecule has 2 nitrogen and oxygen atoms in total. The summed E-state index contributed by atoms with van der Waals surface area (Å²) in [7, 11) is 1.79. The Bertz CT molecular complexity index is 138. The highest BCUT2D eigenvalue weighted by Crippen LogP contribution is 2.31. The van der Waals surface area contributed by atoms with Crippen molar-refractivity contribution in [1.29, 1.82) is 0 Å². The van der Waals surface area contributed by atoms with Gasteiger partial charge in [0.05, 0.1) is 0 Å². The zero-order valence-electron chi connectivity index (χ0n) is 9.50. The summed E-state index contributed by atoms with van der Waals surface area (Å²) in [6.07, 6.45) is 9.49. The van der Waals surface area contributed by atoms with Crippen LogP contribution in [0.25, 0.3) is 0 Å². The molecule has 84 valence electrons. The van der Waals surface area contributed by atoms with Crippen LogP contribution in [0.2, 0.25) is 0 Å². The predicted octanol–water partition coefficient (Wildman–Crippen LogP) is 2.57. The zero-order chi connectivity index (χ0) is 10.2. The Labute approximate surface area is 88.2 Å². The molecular formula is C12H25NO. The van der Waals surface area contributed by atoms with Crippen LogP contribution < -0.4 is 5.73 Å². The smallest absolute Gasteiger partial charge is 0.0462 e. The molecule has 14 heavy (non-hydrogen) atoms. The molecule has 1 aliphatic carbocycles. The van der Waals surface area contributed by atoms with E-state index in [2.05, 4.69) is 0 Å². The first kappa shape index (κ1) is 12.0. The fourth-order valence-corrected chi connectivity index (χ4v) is 2.64. The Hall–Kier alpha value is -0.0800. The molecule has 1 aliphatic rings. The topological polar surface area (TPSA) is 35.2 Å². The van der Waals surface area contributed by atoms with Crippen molar-refractivity contribution < 1.29 is 4.74 Å². The Morgan fingerprint density at radius 2 is 1.86 bits per heavy atom. The van der Waals surface area contributed by atoms with Crippen LogP contribution in [0, 0.1) is 11.8 Å². The second-order valence-corrected chi connectivity index (χ2v) is 4.53. The van der Waals surface area contributed by atoms with Crippen LogP contribution in [0.3, 0.4) is 0 Å². The fraction of sp³-hybridized carbons (Fsp3) is 1.00. The van der Waals surface area contributed by atoms with Crippen molar-refractivity contribution in [3.8, 4) is 0 Å². The Kier molecular flexibility index (Phi) is 6.20. The van der Waals surface area contributed by atoms with E-state index in [9.17, 15) is 0 Å². The molecule has 2 heteroatoms. The van der Waals surface area contributed by atoms with Crippen LogP contribution in [-0.2, 0) is 4.74 Å². The molecule has 2 unspecified atom stereocenters. The van der Waals surface area contributed by atoms with E-state index in [4.69, 9.17) is 10.5 Å². The van der Waals surface area contributed by atoms with Gasteiger partial charge >= 0.3 is 0 Å².